The molecule has 0 radical (unpaired) electrons. The molecule has 29 heavy (non-hydrogen) atoms. The van der Waals surface area contributed by atoms with Crippen molar-refractivity contribution in [2.24, 2.45) is 5.73 Å². The first-order valence-corrected chi connectivity index (χ1v) is 9.49. The summed E-state index contributed by atoms with van der Waals surface area (Å²) in [4.78, 5) is 9.10. The number of aromatic nitrogens is 4. The van der Waals surface area contributed by atoms with E-state index in [0.717, 1.165) is 48.3 Å². The molecule has 0 amide bonds. The highest BCUT2D eigenvalue weighted by atomic mass is 35.5. The zero-order chi connectivity index (χ0) is 19.0. The van der Waals surface area contributed by atoms with Crippen molar-refractivity contribution >= 4 is 18.1 Å². The predicted octanol–water partition coefficient (Wildman–Crippen LogP) is 4.11. The van der Waals surface area contributed by atoms with Crippen molar-refractivity contribution in [3.05, 3.63) is 66.4 Å². The first-order chi connectivity index (χ1) is 13.7. The Kier molecular flexibility index (Phi) is 5.25. The molecule has 1 aliphatic rings. The van der Waals surface area contributed by atoms with E-state index in [1.165, 1.54) is 0 Å². The van der Waals surface area contributed by atoms with Crippen molar-refractivity contribution in [2.45, 2.75) is 37.8 Å². The fraction of sp³-hybridized carbons (Fsp3) is 0.286. The number of benzene rings is 1. The third kappa shape index (κ3) is 3.83. The summed E-state index contributed by atoms with van der Waals surface area (Å²) in [6, 6.07) is 13.5. The molecular formula is C21H22ClN5O2. The van der Waals surface area contributed by atoms with E-state index in [-0.39, 0.29) is 12.4 Å². The van der Waals surface area contributed by atoms with Crippen LogP contribution in [0.5, 0.6) is 5.75 Å². The Balaban J connectivity index is 0.00000205. The number of rotatable bonds is 5. The van der Waals surface area contributed by atoms with Crippen LogP contribution in [-0.2, 0) is 12.1 Å². The third-order valence-corrected chi connectivity index (χ3v) is 5.25. The quantitative estimate of drug-likeness (QED) is 0.531. The number of fused-ring (bicyclic) bond motifs is 1. The lowest BCUT2D eigenvalue weighted by Crippen LogP contribution is -2.34. The summed E-state index contributed by atoms with van der Waals surface area (Å²) in [6.07, 6.45) is 7.93. The SMILES string of the molecule is Cl.NC1(c2noc(-c3cccc(OCc4cn5ccccc5n4)c3)n2)CCCC1. The Morgan fingerprint density at radius 1 is 1.10 bits per heavy atom. The first-order valence-electron chi connectivity index (χ1n) is 9.49. The van der Waals surface area contributed by atoms with Crippen molar-refractivity contribution in [1.29, 1.82) is 0 Å². The van der Waals surface area contributed by atoms with Crippen molar-refractivity contribution in [3.63, 3.8) is 0 Å². The Hall–Kier alpha value is -2.90. The summed E-state index contributed by atoms with van der Waals surface area (Å²) in [7, 11) is 0. The molecule has 1 aliphatic carbocycles. The Morgan fingerprint density at radius 2 is 1.97 bits per heavy atom. The standard InChI is InChI=1S/C21H21N5O2.ClH/c22-21(9-2-3-10-21)20-24-19(28-25-20)15-6-5-7-17(12-15)27-14-16-13-26-11-4-1-8-18(26)23-16;/h1,4-8,11-13H,2-3,9-10,14,22H2;1H. The summed E-state index contributed by atoms with van der Waals surface area (Å²) >= 11 is 0. The molecule has 2 N–H and O–H groups in total. The molecule has 0 unspecified atom stereocenters. The van der Waals surface area contributed by atoms with Crippen LogP contribution in [0.2, 0.25) is 0 Å². The molecule has 5 rings (SSSR count). The van der Waals surface area contributed by atoms with Gasteiger partial charge < -0.3 is 19.4 Å². The van der Waals surface area contributed by atoms with Crippen molar-refractivity contribution < 1.29 is 9.26 Å². The van der Waals surface area contributed by atoms with Crippen LogP contribution in [0, 0.1) is 0 Å². The highest BCUT2D eigenvalue weighted by molar-refractivity contribution is 5.85. The fourth-order valence-corrected chi connectivity index (χ4v) is 3.71. The highest BCUT2D eigenvalue weighted by Crippen LogP contribution is 2.35. The van der Waals surface area contributed by atoms with Crippen LogP contribution < -0.4 is 10.5 Å². The van der Waals surface area contributed by atoms with Crippen molar-refractivity contribution in [1.82, 2.24) is 19.5 Å². The molecule has 1 aromatic carbocycles. The molecule has 0 saturated heterocycles. The molecule has 8 heteroatoms. The molecule has 3 aromatic heterocycles. The summed E-state index contributed by atoms with van der Waals surface area (Å²) in [6.45, 7) is 0.381. The topological polar surface area (TPSA) is 91.5 Å². The molecule has 7 nitrogen and oxygen atoms in total. The van der Waals surface area contributed by atoms with Gasteiger partial charge in [-0.2, -0.15) is 4.98 Å². The Labute approximate surface area is 174 Å². The maximum absolute atomic E-state index is 6.43. The minimum atomic E-state index is -0.459. The zero-order valence-electron chi connectivity index (χ0n) is 15.8. The van der Waals surface area contributed by atoms with E-state index in [4.69, 9.17) is 15.0 Å². The summed E-state index contributed by atoms with van der Waals surface area (Å²) in [5, 5.41) is 4.13. The molecule has 4 aromatic rings. The fourth-order valence-electron chi connectivity index (χ4n) is 3.71. The number of pyridine rings is 1. The molecule has 150 valence electrons. The largest absolute Gasteiger partial charge is 0.487 e. The van der Waals surface area contributed by atoms with Crippen LogP contribution in [0.1, 0.15) is 37.2 Å². The van der Waals surface area contributed by atoms with Crippen LogP contribution in [0.15, 0.2) is 59.4 Å². The van der Waals surface area contributed by atoms with E-state index >= 15 is 0 Å². The molecule has 0 aliphatic heterocycles. The second kappa shape index (κ2) is 7.85. The van der Waals surface area contributed by atoms with Gasteiger partial charge in [-0.25, -0.2) is 4.98 Å². The summed E-state index contributed by atoms with van der Waals surface area (Å²) < 4.78 is 13.4. The lowest BCUT2D eigenvalue weighted by Gasteiger charge is -2.17. The van der Waals surface area contributed by atoms with Crippen molar-refractivity contribution in [2.75, 3.05) is 0 Å². The van der Waals surface area contributed by atoms with Gasteiger partial charge in [-0.3, -0.25) is 0 Å². The average Bonchev–Trinajstić information content (AvgIpc) is 3.46. The van der Waals surface area contributed by atoms with Gasteiger partial charge in [0.15, 0.2) is 5.82 Å². The Bertz CT molecular complexity index is 1080. The molecule has 0 spiro atoms. The van der Waals surface area contributed by atoms with Crippen molar-refractivity contribution in [3.8, 4) is 17.2 Å². The lowest BCUT2D eigenvalue weighted by molar-refractivity contribution is 0.302. The van der Waals surface area contributed by atoms with Gasteiger partial charge in [-0.05, 0) is 43.2 Å². The van der Waals surface area contributed by atoms with Gasteiger partial charge in [0, 0.05) is 18.0 Å². The second-order valence-corrected chi connectivity index (χ2v) is 7.30. The van der Waals surface area contributed by atoms with Gasteiger partial charge in [0.05, 0.1) is 11.2 Å². The van der Waals surface area contributed by atoms with E-state index in [1.54, 1.807) is 0 Å². The van der Waals surface area contributed by atoms with Crippen LogP contribution >= 0.6 is 12.4 Å². The summed E-state index contributed by atoms with van der Waals surface area (Å²) in [5.41, 5.74) is 8.54. The molecule has 1 fully saturated rings. The lowest BCUT2D eigenvalue weighted by atomic mass is 9.99. The predicted molar refractivity (Wildman–Crippen MR) is 111 cm³/mol. The normalized spacial score (nSPS) is 15.3. The van der Waals surface area contributed by atoms with E-state index in [0.29, 0.717) is 18.3 Å². The second-order valence-electron chi connectivity index (χ2n) is 7.30. The van der Waals surface area contributed by atoms with Crippen LogP contribution in [-0.4, -0.2) is 19.5 Å². The van der Waals surface area contributed by atoms with Gasteiger partial charge in [0.1, 0.15) is 18.0 Å². The molecular weight excluding hydrogens is 390 g/mol. The molecule has 3 heterocycles. The van der Waals surface area contributed by atoms with Gasteiger partial charge in [0.2, 0.25) is 0 Å². The maximum Gasteiger partial charge on any atom is 0.258 e. The molecule has 1 saturated carbocycles. The van der Waals surface area contributed by atoms with Crippen LogP contribution in [0.3, 0.4) is 0 Å². The van der Waals surface area contributed by atoms with Gasteiger partial charge >= 0.3 is 0 Å². The van der Waals surface area contributed by atoms with E-state index < -0.39 is 5.54 Å². The Morgan fingerprint density at radius 3 is 2.79 bits per heavy atom. The minimum Gasteiger partial charge on any atom is -0.487 e. The smallest absolute Gasteiger partial charge is 0.258 e. The van der Waals surface area contributed by atoms with E-state index in [2.05, 4.69) is 15.1 Å². The number of nitrogens with two attached hydrogens (primary N) is 1. The van der Waals surface area contributed by atoms with Gasteiger partial charge in [-0.15, -0.1) is 12.4 Å². The number of ether oxygens (including phenoxy) is 1. The zero-order valence-corrected chi connectivity index (χ0v) is 16.6. The highest BCUT2D eigenvalue weighted by Gasteiger charge is 2.36. The van der Waals surface area contributed by atoms with Crippen LogP contribution in [0.25, 0.3) is 17.1 Å². The first kappa shape index (κ1) is 19.4. The molecule has 0 bridgehead atoms. The molecule has 0 atom stereocenters. The van der Waals surface area contributed by atoms with Gasteiger partial charge in [0.25, 0.3) is 5.89 Å². The maximum atomic E-state index is 6.43. The minimum absolute atomic E-state index is 0. The number of halogens is 1. The third-order valence-electron chi connectivity index (χ3n) is 5.25. The number of imidazole rings is 1. The number of hydrogen-bond acceptors (Lipinski definition) is 6. The van der Waals surface area contributed by atoms with Gasteiger partial charge in [-0.1, -0.05) is 30.1 Å². The average molecular weight is 412 g/mol. The summed E-state index contributed by atoms with van der Waals surface area (Å²) in [5.74, 6) is 1.78. The number of nitrogens with zero attached hydrogens (tertiary/aromatic N) is 4. The monoisotopic (exact) mass is 411 g/mol. The van der Waals surface area contributed by atoms with E-state index in [9.17, 15) is 0 Å². The number of hydrogen-bond donors (Lipinski definition) is 1. The van der Waals surface area contributed by atoms with E-state index in [1.807, 2.05) is 59.3 Å². The van der Waals surface area contributed by atoms with Crippen LogP contribution in [0.4, 0.5) is 0 Å².